The second kappa shape index (κ2) is 11.2. The van der Waals surface area contributed by atoms with Crippen molar-refractivity contribution in [2.45, 2.75) is 16.3 Å². The van der Waals surface area contributed by atoms with Crippen LogP contribution in [-0.4, -0.2) is 29.9 Å². The Morgan fingerprint density at radius 3 is 2.25 bits per heavy atom. The lowest BCUT2D eigenvalue weighted by Crippen LogP contribution is -2.20. The number of hydrogen-bond acceptors (Lipinski definition) is 5. The highest BCUT2D eigenvalue weighted by Crippen LogP contribution is 2.45. The summed E-state index contributed by atoms with van der Waals surface area (Å²) in [6.45, 7) is 0.475. The van der Waals surface area contributed by atoms with E-state index in [9.17, 15) is 9.90 Å². The predicted octanol–water partition coefficient (Wildman–Crippen LogP) is 6.83. The van der Waals surface area contributed by atoms with Gasteiger partial charge in [-0.05, 0) is 39.2 Å². The van der Waals surface area contributed by atoms with E-state index in [1.807, 2.05) is 54.6 Å². The van der Waals surface area contributed by atoms with Gasteiger partial charge in [0.15, 0.2) is 11.5 Å². The van der Waals surface area contributed by atoms with Crippen LogP contribution in [0.15, 0.2) is 65.1 Å². The molecule has 3 rings (SSSR count). The monoisotopic (exact) mass is 626 g/mol. The number of carbonyl (C=O) groups excluding carboxylic acids is 1. The fourth-order valence-electron chi connectivity index (χ4n) is 3.10. The molecule has 3 aromatic rings. The second-order valence-electron chi connectivity index (χ2n) is 6.83. The van der Waals surface area contributed by atoms with E-state index < -0.39 is 4.83 Å². The number of rotatable bonds is 9. The van der Waals surface area contributed by atoms with Crippen LogP contribution in [0.5, 0.6) is 23.0 Å². The smallest absolute Gasteiger partial charge is 0.185 e. The Morgan fingerprint density at radius 1 is 1.00 bits per heavy atom. The molecule has 0 radical (unpaired) electrons. The summed E-state index contributed by atoms with van der Waals surface area (Å²) in [5.41, 5.74) is 2.02. The summed E-state index contributed by atoms with van der Waals surface area (Å²) in [7, 11) is 2.90. The molecule has 0 heterocycles. The van der Waals surface area contributed by atoms with Crippen LogP contribution in [0.2, 0.25) is 0 Å². The van der Waals surface area contributed by atoms with Crippen molar-refractivity contribution >= 4 is 53.6 Å². The Bertz CT molecular complexity index is 1070. The molecule has 0 aliphatic carbocycles. The number of phenolic OH excluding ortho intramolecular Hbond substituents is 1. The molecule has 0 aromatic heterocycles. The minimum absolute atomic E-state index is 0.0642. The van der Waals surface area contributed by atoms with Crippen molar-refractivity contribution in [2.75, 3.05) is 14.2 Å². The first-order valence-corrected chi connectivity index (χ1v) is 12.2. The number of hydrogen-bond donors (Lipinski definition) is 1. The summed E-state index contributed by atoms with van der Waals surface area (Å²) < 4.78 is 16.9. The maximum atomic E-state index is 13.2. The van der Waals surface area contributed by atoms with Crippen LogP contribution >= 0.6 is 47.8 Å². The summed E-state index contributed by atoms with van der Waals surface area (Å²) >= 11 is 10.4. The van der Waals surface area contributed by atoms with E-state index in [1.54, 1.807) is 0 Å². The lowest BCUT2D eigenvalue weighted by Gasteiger charge is -2.20. The number of halogens is 3. The average Bonchev–Trinajstić information content (AvgIpc) is 2.83. The molecule has 32 heavy (non-hydrogen) atoms. The van der Waals surface area contributed by atoms with Gasteiger partial charge in [0.05, 0.1) is 23.9 Å². The Hall–Kier alpha value is -2.03. The minimum Gasteiger partial charge on any atom is -0.507 e. The third-order valence-electron chi connectivity index (χ3n) is 4.79. The van der Waals surface area contributed by atoms with E-state index in [0.717, 1.165) is 16.9 Å². The average molecular weight is 629 g/mol. The van der Waals surface area contributed by atoms with Gasteiger partial charge in [0.25, 0.3) is 0 Å². The highest BCUT2D eigenvalue weighted by Gasteiger charge is 2.32. The number of benzene rings is 3. The lowest BCUT2D eigenvalue weighted by atomic mass is 10.0. The molecule has 0 aliphatic heterocycles. The van der Waals surface area contributed by atoms with Gasteiger partial charge in [-0.1, -0.05) is 74.3 Å². The molecule has 0 unspecified atom stereocenters. The molecule has 2 atom stereocenters. The molecule has 0 amide bonds. The van der Waals surface area contributed by atoms with E-state index in [0.29, 0.717) is 16.8 Å². The molecule has 0 aliphatic rings. The third kappa shape index (κ3) is 5.47. The molecule has 0 saturated heterocycles. The van der Waals surface area contributed by atoms with Crippen molar-refractivity contribution in [3.8, 4) is 23.0 Å². The highest BCUT2D eigenvalue weighted by molar-refractivity contribution is 9.12. The van der Waals surface area contributed by atoms with Crippen molar-refractivity contribution in [2.24, 2.45) is 0 Å². The van der Waals surface area contributed by atoms with E-state index in [2.05, 4.69) is 47.8 Å². The highest BCUT2D eigenvalue weighted by atomic mass is 79.9. The van der Waals surface area contributed by atoms with Gasteiger partial charge in [0.1, 0.15) is 33.9 Å². The number of ketones is 1. The largest absolute Gasteiger partial charge is 0.507 e. The van der Waals surface area contributed by atoms with Gasteiger partial charge in [-0.3, -0.25) is 4.79 Å². The van der Waals surface area contributed by atoms with Crippen LogP contribution in [0.25, 0.3) is 0 Å². The van der Waals surface area contributed by atoms with Gasteiger partial charge < -0.3 is 19.3 Å². The molecule has 0 fully saturated rings. The fourth-order valence-corrected chi connectivity index (χ4v) is 4.82. The topological polar surface area (TPSA) is 65.0 Å². The van der Waals surface area contributed by atoms with Gasteiger partial charge >= 0.3 is 0 Å². The normalized spacial score (nSPS) is 12.7. The van der Waals surface area contributed by atoms with Crippen molar-refractivity contribution < 1.29 is 24.1 Å². The number of Topliss-reactive ketones (excluding diaryl/α,β-unsaturated/α-hetero) is 1. The molecule has 168 valence electrons. The molecular weight excluding hydrogens is 608 g/mol. The molecule has 1 N–H and O–H groups in total. The summed E-state index contributed by atoms with van der Waals surface area (Å²) in [4.78, 5) is 12.2. The number of phenols is 1. The first kappa shape index (κ1) is 24.6. The van der Waals surface area contributed by atoms with Crippen molar-refractivity contribution in [3.63, 3.8) is 0 Å². The van der Waals surface area contributed by atoms with E-state index in [-0.39, 0.29) is 27.7 Å². The molecule has 0 saturated carbocycles. The van der Waals surface area contributed by atoms with Crippen LogP contribution in [-0.2, 0) is 6.61 Å². The zero-order chi connectivity index (χ0) is 23.3. The van der Waals surface area contributed by atoms with Crippen molar-refractivity contribution in [1.29, 1.82) is 0 Å². The SMILES string of the molecule is COc1cc(O)c(C(=O)[C@@H](Br)[C@@H](Br)c2ccc(OCc3ccccc3)cc2)c(OC)c1Br. The lowest BCUT2D eigenvalue weighted by molar-refractivity contribution is 0.0985. The summed E-state index contributed by atoms with van der Waals surface area (Å²) in [6.07, 6.45) is 0. The zero-order valence-corrected chi connectivity index (χ0v) is 22.1. The number of aromatic hydroxyl groups is 1. The number of methoxy groups -OCH3 is 2. The van der Waals surface area contributed by atoms with Crippen molar-refractivity contribution in [1.82, 2.24) is 0 Å². The molecule has 5 nitrogen and oxygen atoms in total. The molecular formula is C24H21Br3O5. The predicted molar refractivity (Wildman–Crippen MR) is 135 cm³/mol. The van der Waals surface area contributed by atoms with E-state index in [4.69, 9.17) is 14.2 Å². The third-order valence-corrected chi connectivity index (χ3v) is 8.25. The van der Waals surface area contributed by atoms with Crippen LogP contribution < -0.4 is 14.2 Å². The number of ether oxygens (including phenoxy) is 3. The maximum absolute atomic E-state index is 13.2. The van der Waals surface area contributed by atoms with Crippen LogP contribution in [0.1, 0.15) is 26.3 Å². The second-order valence-corrected chi connectivity index (χ2v) is 9.60. The zero-order valence-electron chi connectivity index (χ0n) is 17.3. The van der Waals surface area contributed by atoms with Crippen LogP contribution in [0, 0.1) is 0 Å². The Kier molecular flexibility index (Phi) is 8.62. The number of alkyl halides is 2. The van der Waals surface area contributed by atoms with Gasteiger partial charge in [0.2, 0.25) is 0 Å². The standard InChI is InChI=1S/C24H21Br3O5/c1-30-18-12-17(28)19(24(31-2)21(18)26)23(29)22(27)20(25)15-8-10-16(11-9-15)32-13-14-6-4-3-5-7-14/h3-12,20,22,28H,13H2,1-2H3/t20-,22-/m0/s1. The fraction of sp³-hybridized carbons (Fsp3) is 0.208. The Labute approximate surface area is 212 Å². The minimum atomic E-state index is -0.668. The summed E-state index contributed by atoms with van der Waals surface area (Å²) in [6, 6.07) is 18.8. The Balaban J connectivity index is 1.76. The number of carbonyl (C=O) groups is 1. The Morgan fingerprint density at radius 2 is 1.66 bits per heavy atom. The quantitative estimate of drug-likeness (QED) is 0.208. The first-order chi connectivity index (χ1) is 15.4. The molecule has 0 spiro atoms. The van der Waals surface area contributed by atoms with Crippen LogP contribution in [0.4, 0.5) is 0 Å². The molecule has 3 aromatic carbocycles. The van der Waals surface area contributed by atoms with Gasteiger partial charge in [-0.2, -0.15) is 0 Å². The van der Waals surface area contributed by atoms with Crippen LogP contribution in [0.3, 0.4) is 0 Å². The van der Waals surface area contributed by atoms with Gasteiger partial charge in [0, 0.05) is 6.07 Å². The summed E-state index contributed by atoms with van der Waals surface area (Å²) in [5.74, 6) is 0.743. The summed E-state index contributed by atoms with van der Waals surface area (Å²) in [5, 5.41) is 10.5. The maximum Gasteiger partial charge on any atom is 0.185 e. The van der Waals surface area contributed by atoms with Crippen molar-refractivity contribution in [3.05, 3.63) is 81.8 Å². The molecule has 8 heteroatoms. The van der Waals surface area contributed by atoms with E-state index in [1.165, 1.54) is 20.3 Å². The first-order valence-electron chi connectivity index (χ1n) is 9.59. The van der Waals surface area contributed by atoms with Gasteiger partial charge in [-0.15, -0.1) is 0 Å². The molecule has 0 bridgehead atoms. The van der Waals surface area contributed by atoms with Gasteiger partial charge in [-0.25, -0.2) is 0 Å². The van der Waals surface area contributed by atoms with E-state index >= 15 is 0 Å².